The van der Waals surface area contributed by atoms with Crippen LogP contribution in [0.15, 0.2) is 0 Å². The standard InChI is InChI=1S/C13H24N4O/c1-5-10-11(6-2)16-17-12(14-10)15-13(4,7-3)8-9-18/h18H,5-9H2,1-4H3,(H,14,15,17). The van der Waals surface area contributed by atoms with Gasteiger partial charge in [0.2, 0.25) is 5.95 Å². The van der Waals surface area contributed by atoms with Gasteiger partial charge in [-0.15, -0.1) is 5.10 Å². The van der Waals surface area contributed by atoms with Gasteiger partial charge in [-0.1, -0.05) is 20.8 Å². The molecule has 1 atom stereocenters. The van der Waals surface area contributed by atoms with Crippen molar-refractivity contribution in [3.8, 4) is 0 Å². The molecule has 0 radical (unpaired) electrons. The SMILES string of the molecule is CCc1nnc(NC(C)(CC)CCO)nc1CC. The smallest absolute Gasteiger partial charge is 0.243 e. The van der Waals surface area contributed by atoms with Crippen molar-refractivity contribution in [3.05, 3.63) is 11.4 Å². The molecule has 0 fully saturated rings. The fraction of sp³-hybridized carbons (Fsp3) is 0.769. The molecule has 0 saturated carbocycles. The van der Waals surface area contributed by atoms with Crippen LogP contribution in [0.4, 0.5) is 5.95 Å². The minimum absolute atomic E-state index is 0.151. The Morgan fingerprint density at radius 1 is 1.11 bits per heavy atom. The molecule has 1 unspecified atom stereocenters. The van der Waals surface area contributed by atoms with Crippen LogP contribution in [0.2, 0.25) is 0 Å². The monoisotopic (exact) mass is 252 g/mol. The fourth-order valence-electron chi connectivity index (χ4n) is 1.84. The van der Waals surface area contributed by atoms with E-state index in [2.05, 4.69) is 48.2 Å². The van der Waals surface area contributed by atoms with Gasteiger partial charge < -0.3 is 10.4 Å². The van der Waals surface area contributed by atoms with E-state index < -0.39 is 0 Å². The Balaban J connectivity index is 2.90. The Kier molecular flexibility index (Phi) is 5.47. The van der Waals surface area contributed by atoms with Gasteiger partial charge in [0.15, 0.2) is 0 Å². The van der Waals surface area contributed by atoms with Crippen LogP contribution in [0, 0.1) is 0 Å². The molecule has 1 heterocycles. The minimum Gasteiger partial charge on any atom is -0.396 e. The molecule has 0 aromatic carbocycles. The molecule has 5 nitrogen and oxygen atoms in total. The quantitative estimate of drug-likeness (QED) is 0.776. The van der Waals surface area contributed by atoms with Gasteiger partial charge in [0.05, 0.1) is 11.4 Å². The summed E-state index contributed by atoms with van der Waals surface area (Å²) in [4.78, 5) is 4.51. The molecule has 2 N–H and O–H groups in total. The molecule has 0 saturated heterocycles. The number of aliphatic hydroxyl groups excluding tert-OH is 1. The van der Waals surface area contributed by atoms with Gasteiger partial charge >= 0.3 is 0 Å². The number of hydrogen-bond acceptors (Lipinski definition) is 5. The van der Waals surface area contributed by atoms with Crippen molar-refractivity contribution in [2.24, 2.45) is 0 Å². The molecule has 0 aliphatic carbocycles. The largest absolute Gasteiger partial charge is 0.396 e. The van der Waals surface area contributed by atoms with Crippen LogP contribution in [0.25, 0.3) is 0 Å². The first-order chi connectivity index (χ1) is 8.58. The number of anilines is 1. The molecule has 18 heavy (non-hydrogen) atoms. The third-order valence-corrected chi connectivity index (χ3v) is 3.37. The molecule has 1 aromatic rings. The molecular weight excluding hydrogens is 228 g/mol. The van der Waals surface area contributed by atoms with E-state index in [0.717, 1.165) is 30.7 Å². The summed E-state index contributed by atoms with van der Waals surface area (Å²) in [5.41, 5.74) is 1.77. The molecule has 0 bridgehead atoms. The van der Waals surface area contributed by atoms with Crippen LogP contribution in [-0.2, 0) is 12.8 Å². The summed E-state index contributed by atoms with van der Waals surface area (Å²) in [6.07, 6.45) is 3.28. The molecule has 5 heteroatoms. The lowest BCUT2D eigenvalue weighted by molar-refractivity contribution is 0.251. The summed E-state index contributed by atoms with van der Waals surface area (Å²) in [5.74, 6) is 0.557. The maximum Gasteiger partial charge on any atom is 0.243 e. The number of aryl methyl sites for hydroxylation is 2. The summed E-state index contributed by atoms with van der Waals surface area (Å²) in [7, 11) is 0. The van der Waals surface area contributed by atoms with Gasteiger partial charge in [-0.2, -0.15) is 5.10 Å². The van der Waals surface area contributed by atoms with E-state index in [0.29, 0.717) is 12.4 Å². The number of aromatic nitrogens is 3. The number of nitrogens with one attached hydrogen (secondary N) is 1. The predicted octanol–water partition coefficient (Wildman–Crippen LogP) is 1.96. The van der Waals surface area contributed by atoms with Crippen molar-refractivity contribution >= 4 is 5.95 Å². The second-order valence-electron chi connectivity index (χ2n) is 4.75. The molecule has 1 rings (SSSR count). The zero-order valence-corrected chi connectivity index (χ0v) is 11.8. The van der Waals surface area contributed by atoms with Gasteiger partial charge in [-0.25, -0.2) is 4.98 Å². The average Bonchev–Trinajstić information content (AvgIpc) is 2.38. The Morgan fingerprint density at radius 2 is 1.78 bits per heavy atom. The molecule has 0 aliphatic rings. The zero-order valence-electron chi connectivity index (χ0n) is 11.8. The van der Waals surface area contributed by atoms with Crippen molar-refractivity contribution in [3.63, 3.8) is 0 Å². The van der Waals surface area contributed by atoms with Crippen LogP contribution >= 0.6 is 0 Å². The van der Waals surface area contributed by atoms with Gasteiger partial charge in [0.25, 0.3) is 0 Å². The lowest BCUT2D eigenvalue weighted by atomic mass is 9.95. The van der Waals surface area contributed by atoms with Gasteiger partial charge in [0, 0.05) is 12.1 Å². The highest BCUT2D eigenvalue weighted by atomic mass is 16.3. The first kappa shape index (κ1) is 14.8. The minimum atomic E-state index is -0.185. The highest BCUT2D eigenvalue weighted by Crippen LogP contribution is 2.19. The number of aliphatic hydroxyl groups is 1. The Morgan fingerprint density at radius 3 is 2.28 bits per heavy atom. The average molecular weight is 252 g/mol. The van der Waals surface area contributed by atoms with Crippen LogP contribution in [0.3, 0.4) is 0 Å². The molecule has 0 amide bonds. The molecule has 0 aliphatic heterocycles. The predicted molar refractivity (Wildman–Crippen MR) is 72.6 cm³/mol. The van der Waals surface area contributed by atoms with E-state index in [4.69, 9.17) is 5.11 Å². The van der Waals surface area contributed by atoms with Gasteiger partial charge in [0.1, 0.15) is 0 Å². The van der Waals surface area contributed by atoms with E-state index in [9.17, 15) is 0 Å². The van der Waals surface area contributed by atoms with Gasteiger partial charge in [-0.3, -0.25) is 0 Å². The van der Waals surface area contributed by atoms with E-state index >= 15 is 0 Å². The molecule has 102 valence electrons. The van der Waals surface area contributed by atoms with Crippen LogP contribution in [0.1, 0.15) is 51.9 Å². The van der Waals surface area contributed by atoms with Crippen molar-refractivity contribution in [2.45, 2.75) is 58.9 Å². The Hall–Kier alpha value is -1.23. The fourth-order valence-corrected chi connectivity index (χ4v) is 1.84. The summed E-state index contributed by atoms with van der Waals surface area (Å²) >= 11 is 0. The highest BCUT2D eigenvalue weighted by molar-refractivity contribution is 5.29. The molecular formula is C13H24N4O. The van der Waals surface area contributed by atoms with E-state index in [1.54, 1.807) is 0 Å². The summed E-state index contributed by atoms with van der Waals surface area (Å²) in [6, 6.07) is 0. The number of rotatable bonds is 7. The first-order valence-electron chi connectivity index (χ1n) is 6.70. The summed E-state index contributed by atoms with van der Waals surface area (Å²) in [6.45, 7) is 8.42. The third kappa shape index (κ3) is 3.63. The molecule has 1 aromatic heterocycles. The third-order valence-electron chi connectivity index (χ3n) is 3.37. The van der Waals surface area contributed by atoms with E-state index in [1.807, 2.05) is 0 Å². The lowest BCUT2D eigenvalue weighted by Crippen LogP contribution is -2.36. The second-order valence-corrected chi connectivity index (χ2v) is 4.75. The lowest BCUT2D eigenvalue weighted by Gasteiger charge is -2.28. The summed E-state index contributed by atoms with van der Waals surface area (Å²) < 4.78 is 0. The normalized spacial score (nSPS) is 14.3. The number of hydrogen-bond donors (Lipinski definition) is 2. The maximum absolute atomic E-state index is 9.10. The number of nitrogens with zero attached hydrogens (tertiary/aromatic N) is 3. The highest BCUT2D eigenvalue weighted by Gasteiger charge is 2.22. The zero-order chi connectivity index (χ0) is 13.6. The Bertz CT molecular complexity index is 383. The topological polar surface area (TPSA) is 70.9 Å². The van der Waals surface area contributed by atoms with Crippen molar-refractivity contribution < 1.29 is 5.11 Å². The maximum atomic E-state index is 9.10. The van der Waals surface area contributed by atoms with Crippen molar-refractivity contribution in [1.82, 2.24) is 15.2 Å². The van der Waals surface area contributed by atoms with Crippen molar-refractivity contribution in [2.75, 3.05) is 11.9 Å². The van der Waals surface area contributed by atoms with Crippen LogP contribution < -0.4 is 5.32 Å². The van der Waals surface area contributed by atoms with Gasteiger partial charge in [-0.05, 0) is 32.6 Å². The van der Waals surface area contributed by atoms with E-state index in [1.165, 1.54) is 0 Å². The van der Waals surface area contributed by atoms with Crippen molar-refractivity contribution in [1.29, 1.82) is 0 Å². The second kappa shape index (κ2) is 6.64. The Labute approximate surface area is 109 Å². The van der Waals surface area contributed by atoms with E-state index in [-0.39, 0.29) is 12.1 Å². The first-order valence-corrected chi connectivity index (χ1v) is 6.70. The van der Waals surface area contributed by atoms with Crippen LogP contribution in [-0.4, -0.2) is 32.4 Å². The summed E-state index contributed by atoms with van der Waals surface area (Å²) in [5, 5.41) is 20.7. The molecule has 0 spiro atoms. The van der Waals surface area contributed by atoms with Crippen LogP contribution in [0.5, 0.6) is 0 Å².